The van der Waals surface area contributed by atoms with Crippen LogP contribution in [0.4, 0.5) is 0 Å². The number of methoxy groups -OCH3 is 1. The van der Waals surface area contributed by atoms with Crippen LogP contribution in [0.3, 0.4) is 0 Å². The van der Waals surface area contributed by atoms with E-state index in [4.69, 9.17) is 9.47 Å². The summed E-state index contributed by atoms with van der Waals surface area (Å²) >= 11 is 0. The highest BCUT2D eigenvalue weighted by molar-refractivity contribution is 5.90. The van der Waals surface area contributed by atoms with Gasteiger partial charge in [0.15, 0.2) is 0 Å². The maximum absolute atomic E-state index is 13.1. The summed E-state index contributed by atoms with van der Waals surface area (Å²) in [5.41, 5.74) is 1.95. The minimum atomic E-state index is -0.770. The molecule has 2 amide bonds. The first-order valence-corrected chi connectivity index (χ1v) is 11.8. The van der Waals surface area contributed by atoms with Crippen LogP contribution in [0.2, 0.25) is 0 Å². The lowest BCUT2D eigenvalue weighted by molar-refractivity contribution is -0.143. The fourth-order valence-corrected chi connectivity index (χ4v) is 3.62. The van der Waals surface area contributed by atoms with E-state index in [1.54, 1.807) is 6.92 Å². The van der Waals surface area contributed by atoms with Crippen LogP contribution < -0.4 is 20.7 Å². The summed E-state index contributed by atoms with van der Waals surface area (Å²) in [5.74, 6) is -0.178. The Labute approximate surface area is 207 Å². The van der Waals surface area contributed by atoms with Crippen LogP contribution in [-0.2, 0) is 32.1 Å². The van der Waals surface area contributed by atoms with Gasteiger partial charge in [-0.3, -0.25) is 19.7 Å². The molecule has 0 heterocycles. The molecule has 35 heavy (non-hydrogen) atoms. The number of hydrogen-bond donors (Lipinski definition) is 3. The van der Waals surface area contributed by atoms with Gasteiger partial charge in [-0.05, 0) is 42.5 Å². The Hall–Kier alpha value is -3.39. The number of nitrogens with one attached hydrogen (secondary N) is 3. The average Bonchev–Trinajstić information content (AvgIpc) is 2.86. The van der Waals surface area contributed by atoms with E-state index in [0.717, 1.165) is 16.9 Å². The second kappa shape index (κ2) is 14.1. The molecule has 8 nitrogen and oxygen atoms in total. The van der Waals surface area contributed by atoms with Gasteiger partial charge in [-0.15, -0.1) is 0 Å². The molecule has 0 saturated heterocycles. The molecule has 3 atom stereocenters. The lowest BCUT2D eigenvalue weighted by Crippen LogP contribution is -2.55. The Kier molecular flexibility index (Phi) is 11.2. The van der Waals surface area contributed by atoms with Gasteiger partial charge in [-0.25, -0.2) is 0 Å². The molecule has 0 aliphatic heterocycles. The third-order valence-corrected chi connectivity index (χ3v) is 5.52. The highest BCUT2D eigenvalue weighted by atomic mass is 16.5. The zero-order valence-corrected chi connectivity index (χ0v) is 21.2. The van der Waals surface area contributed by atoms with E-state index in [0.29, 0.717) is 19.4 Å². The SMILES string of the molecule is CNC(=O)[C@H](Cc1ccc(OCc2ccccc2)cc1)NC(=O)[C@H](CC(C)C)N[C@H](C)C(=O)OC. The number of esters is 1. The molecular weight excluding hydrogens is 446 g/mol. The standard InChI is InChI=1S/C27H37N3O5/c1-18(2)15-23(29-19(3)27(33)34-5)26(32)30-24(25(31)28-4)16-20-11-13-22(14-12-20)35-17-21-9-7-6-8-10-21/h6-14,18-19,23-24,29H,15-17H2,1-5H3,(H,28,31)(H,30,32)/t19-,23+,24+/m1/s1. The number of hydrogen-bond acceptors (Lipinski definition) is 6. The van der Waals surface area contributed by atoms with Crippen molar-refractivity contribution in [3.63, 3.8) is 0 Å². The Balaban J connectivity index is 2.05. The van der Waals surface area contributed by atoms with Gasteiger partial charge >= 0.3 is 5.97 Å². The normalized spacial score (nSPS) is 13.4. The van der Waals surface area contributed by atoms with E-state index in [2.05, 4.69) is 16.0 Å². The zero-order valence-electron chi connectivity index (χ0n) is 21.2. The molecule has 0 bridgehead atoms. The number of benzene rings is 2. The molecule has 2 aromatic carbocycles. The average molecular weight is 484 g/mol. The van der Waals surface area contributed by atoms with Crippen molar-refractivity contribution >= 4 is 17.8 Å². The van der Waals surface area contributed by atoms with Gasteiger partial charge in [0.1, 0.15) is 24.4 Å². The summed E-state index contributed by atoms with van der Waals surface area (Å²) in [6.07, 6.45) is 0.812. The molecule has 2 aromatic rings. The molecule has 0 saturated carbocycles. The summed E-state index contributed by atoms with van der Waals surface area (Å²) in [6, 6.07) is 15.3. The lowest BCUT2D eigenvalue weighted by atomic mass is 10.0. The van der Waals surface area contributed by atoms with E-state index in [-0.39, 0.29) is 17.7 Å². The molecule has 0 aromatic heterocycles. The second-order valence-electron chi connectivity index (χ2n) is 8.89. The molecule has 0 aliphatic rings. The molecule has 0 unspecified atom stereocenters. The van der Waals surface area contributed by atoms with Crippen LogP contribution >= 0.6 is 0 Å². The Morgan fingerprint density at radius 2 is 1.51 bits per heavy atom. The smallest absolute Gasteiger partial charge is 0.322 e. The molecule has 190 valence electrons. The first kappa shape index (κ1) is 27.9. The van der Waals surface area contributed by atoms with Crippen molar-refractivity contribution in [3.05, 3.63) is 65.7 Å². The molecule has 2 rings (SSSR count). The number of ether oxygens (including phenoxy) is 2. The fraction of sp³-hybridized carbons (Fsp3) is 0.444. The highest BCUT2D eigenvalue weighted by Crippen LogP contribution is 2.16. The Bertz CT molecular complexity index is 947. The first-order valence-electron chi connectivity index (χ1n) is 11.8. The Morgan fingerprint density at radius 3 is 2.09 bits per heavy atom. The molecule has 0 radical (unpaired) electrons. The van der Waals surface area contributed by atoms with Crippen molar-refractivity contribution < 1.29 is 23.9 Å². The second-order valence-corrected chi connectivity index (χ2v) is 8.89. The van der Waals surface area contributed by atoms with Gasteiger partial charge in [0.05, 0.1) is 13.2 Å². The minimum absolute atomic E-state index is 0.199. The number of rotatable bonds is 13. The van der Waals surface area contributed by atoms with Crippen molar-refractivity contribution in [1.29, 1.82) is 0 Å². The molecule has 8 heteroatoms. The van der Waals surface area contributed by atoms with Gasteiger partial charge in [-0.1, -0.05) is 56.3 Å². The third kappa shape index (κ3) is 9.41. The monoisotopic (exact) mass is 483 g/mol. The van der Waals surface area contributed by atoms with E-state index < -0.39 is 24.1 Å². The quantitative estimate of drug-likeness (QED) is 0.378. The maximum atomic E-state index is 13.1. The van der Waals surface area contributed by atoms with E-state index in [1.807, 2.05) is 68.4 Å². The largest absolute Gasteiger partial charge is 0.489 e. The van der Waals surface area contributed by atoms with Crippen LogP contribution in [0.5, 0.6) is 5.75 Å². The molecule has 3 N–H and O–H groups in total. The number of carbonyl (C=O) groups excluding carboxylic acids is 3. The number of likely N-dealkylation sites (N-methyl/N-ethyl adjacent to an activating group) is 1. The lowest BCUT2D eigenvalue weighted by Gasteiger charge is -2.25. The summed E-state index contributed by atoms with van der Waals surface area (Å²) in [6.45, 7) is 6.08. The number of amides is 2. The van der Waals surface area contributed by atoms with Crippen molar-refractivity contribution in [1.82, 2.24) is 16.0 Å². The minimum Gasteiger partial charge on any atom is -0.489 e. The van der Waals surface area contributed by atoms with Gasteiger partial charge < -0.3 is 20.1 Å². The summed E-state index contributed by atoms with van der Waals surface area (Å²) in [4.78, 5) is 37.5. The predicted octanol–water partition coefficient (Wildman–Crippen LogP) is 2.60. The van der Waals surface area contributed by atoms with Gasteiger partial charge in [0.25, 0.3) is 0 Å². The molecule has 0 fully saturated rings. The summed E-state index contributed by atoms with van der Waals surface area (Å²) in [7, 11) is 2.84. The van der Waals surface area contributed by atoms with Crippen LogP contribution in [0.15, 0.2) is 54.6 Å². The van der Waals surface area contributed by atoms with E-state index in [1.165, 1.54) is 14.2 Å². The van der Waals surface area contributed by atoms with Gasteiger partial charge in [0, 0.05) is 13.5 Å². The fourth-order valence-electron chi connectivity index (χ4n) is 3.62. The van der Waals surface area contributed by atoms with Crippen molar-refractivity contribution in [2.45, 2.75) is 58.3 Å². The maximum Gasteiger partial charge on any atom is 0.322 e. The van der Waals surface area contributed by atoms with E-state index >= 15 is 0 Å². The van der Waals surface area contributed by atoms with Gasteiger partial charge in [0.2, 0.25) is 11.8 Å². The zero-order chi connectivity index (χ0) is 25.8. The summed E-state index contributed by atoms with van der Waals surface area (Å²) in [5, 5.41) is 8.49. The molecular formula is C27H37N3O5. The van der Waals surface area contributed by atoms with E-state index in [9.17, 15) is 14.4 Å². The van der Waals surface area contributed by atoms with Crippen molar-refractivity contribution in [2.24, 2.45) is 5.92 Å². The molecule has 0 spiro atoms. The van der Waals surface area contributed by atoms with Crippen LogP contribution in [0, 0.1) is 5.92 Å². The van der Waals surface area contributed by atoms with Gasteiger partial charge in [-0.2, -0.15) is 0 Å². The predicted molar refractivity (Wildman–Crippen MR) is 135 cm³/mol. The van der Waals surface area contributed by atoms with Crippen LogP contribution in [0.25, 0.3) is 0 Å². The van der Waals surface area contributed by atoms with Crippen molar-refractivity contribution in [2.75, 3.05) is 14.2 Å². The first-order chi connectivity index (χ1) is 16.7. The summed E-state index contributed by atoms with van der Waals surface area (Å²) < 4.78 is 10.6. The van der Waals surface area contributed by atoms with Crippen molar-refractivity contribution in [3.8, 4) is 5.75 Å². The van der Waals surface area contributed by atoms with Crippen LogP contribution in [-0.4, -0.2) is 50.1 Å². The van der Waals surface area contributed by atoms with Crippen LogP contribution in [0.1, 0.15) is 38.3 Å². The highest BCUT2D eigenvalue weighted by Gasteiger charge is 2.28. The topological polar surface area (TPSA) is 106 Å². The third-order valence-electron chi connectivity index (χ3n) is 5.52. The molecule has 0 aliphatic carbocycles. The number of carbonyl (C=O) groups is 3. The Morgan fingerprint density at radius 1 is 0.857 bits per heavy atom.